The van der Waals surface area contributed by atoms with E-state index >= 15 is 0 Å². The summed E-state index contributed by atoms with van der Waals surface area (Å²) in [5.74, 6) is 1.38. The van der Waals surface area contributed by atoms with Crippen LogP contribution in [0.15, 0.2) is 61.1 Å². The Balaban J connectivity index is 0.00000160. The Morgan fingerprint density at radius 1 is 1.07 bits per heavy atom. The van der Waals surface area contributed by atoms with Crippen LogP contribution >= 0.6 is 24.8 Å². The molecule has 8 heteroatoms. The number of rotatable bonds is 7. The lowest BCUT2D eigenvalue weighted by molar-refractivity contribution is -0.115. The Kier molecular flexibility index (Phi) is 9.30. The minimum atomic E-state index is -0.0410. The summed E-state index contributed by atoms with van der Waals surface area (Å²) in [6.07, 6.45) is 7.94. The third-order valence-corrected chi connectivity index (χ3v) is 5.11. The number of hydrogen-bond donors (Lipinski definition) is 2. The molecule has 160 valence electrons. The third-order valence-electron chi connectivity index (χ3n) is 5.11. The number of carbonyl (C=O) groups is 1. The summed E-state index contributed by atoms with van der Waals surface area (Å²) < 4.78 is 1.77. The molecule has 1 unspecified atom stereocenters. The first-order valence-corrected chi connectivity index (χ1v) is 9.75. The molecule has 30 heavy (non-hydrogen) atoms. The minimum absolute atomic E-state index is 0. The molecule has 0 bridgehead atoms. The number of hydrogen-bond acceptors (Lipinski definition) is 4. The topological polar surface area (TPSA) is 71.8 Å². The van der Waals surface area contributed by atoms with E-state index in [4.69, 9.17) is 0 Å². The molecule has 1 aromatic carbocycles. The van der Waals surface area contributed by atoms with Gasteiger partial charge in [0, 0.05) is 18.5 Å². The van der Waals surface area contributed by atoms with Crippen molar-refractivity contribution in [3.05, 3.63) is 77.7 Å². The monoisotopic (exact) mass is 447 g/mol. The van der Waals surface area contributed by atoms with Crippen molar-refractivity contribution in [2.45, 2.75) is 25.8 Å². The molecule has 1 atom stereocenters. The Morgan fingerprint density at radius 2 is 1.87 bits per heavy atom. The van der Waals surface area contributed by atoms with Gasteiger partial charge in [0.15, 0.2) is 0 Å². The highest BCUT2D eigenvalue weighted by Gasteiger charge is 2.15. The van der Waals surface area contributed by atoms with Gasteiger partial charge in [0.05, 0.1) is 19.2 Å². The minimum Gasteiger partial charge on any atom is -0.316 e. The molecule has 6 nitrogen and oxygen atoms in total. The largest absolute Gasteiger partial charge is 0.316 e. The van der Waals surface area contributed by atoms with Gasteiger partial charge in [0.2, 0.25) is 5.91 Å². The van der Waals surface area contributed by atoms with Crippen molar-refractivity contribution in [3.8, 4) is 0 Å². The van der Waals surface area contributed by atoms with Crippen LogP contribution < -0.4 is 10.6 Å². The number of pyridine rings is 1. The van der Waals surface area contributed by atoms with Crippen LogP contribution in [0.2, 0.25) is 0 Å². The maximum absolute atomic E-state index is 12.5. The zero-order valence-corrected chi connectivity index (χ0v) is 18.3. The van der Waals surface area contributed by atoms with Crippen molar-refractivity contribution < 1.29 is 4.79 Å². The van der Waals surface area contributed by atoms with Gasteiger partial charge in [0.1, 0.15) is 5.82 Å². The second-order valence-electron chi connectivity index (χ2n) is 7.34. The first-order valence-electron chi connectivity index (χ1n) is 9.75. The van der Waals surface area contributed by atoms with Crippen molar-refractivity contribution in [1.29, 1.82) is 0 Å². The van der Waals surface area contributed by atoms with Crippen LogP contribution in [0, 0.1) is 5.92 Å². The van der Waals surface area contributed by atoms with E-state index < -0.39 is 0 Å². The van der Waals surface area contributed by atoms with Gasteiger partial charge in [-0.15, -0.1) is 24.8 Å². The molecule has 2 N–H and O–H groups in total. The van der Waals surface area contributed by atoms with E-state index in [-0.39, 0.29) is 30.7 Å². The number of carbonyl (C=O) groups excluding carboxylic acids is 1. The first-order chi connectivity index (χ1) is 13.8. The zero-order valence-electron chi connectivity index (χ0n) is 16.7. The van der Waals surface area contributed by atoms with Crippen LogP contribution in [0.25, 0.3) is 0 Å². The molecular weight excluding hydrogens is 421 g/mol. The molecule has 0 aliphatic carbocycles. The van der Waals surface area contributed by atoms with Gasteiger partial charge >= 0.3 is 0 Å². The fourth-order valence-electron chi connectivity index (χ4n) is 3.62. The Labute approximate surface area is 189 Å². The molecule has 3 heterocycles. The van der Waals surface area contributed by atoms with E-state index in [2.05, 4.69) is 45.0 Å². The van der Waals surface area contributed by atoms with Gasteiger partial charge in [-0.3, -0.25) is 9.78 Å². The number of halogens is 2. The molecule has 0 spiro atoms. The zero-order chi connectivity index (χ0) is 19.2. The normalized spacial score (nSPS) is 15.1. The van der Waals surface area contributed by atoms with E-state index in [1.165, 1.54) is 12.0 Å². The van der Waals surface area contributed by atoms with E-state index in [1.54, 1.807) is 23.3 Å². The van der Waals surface area contributed by atoms with Gasteiger partial charge < -0.3 is 10.6 Å². The maximum Gasteiger partial charge on any atom is 0.229 e. The van der Waals surface area contributed by atoms with Crippen molar-refractivity contribution in [2.75, 3.05) is 18.4 Å². The maximum atomic E-state index is 12.5. The predicted octanol–water partition coefficient (Wildman–Crippen LogP) is 3.50. The van der Waals surface area contributed by atoms with Crippen LogP contribution in [0.4, 0.5) is 5.82 Å². The second-order valence-corrected chi connectivity index (χ2v) is 7.34. The standard InChI is InChI=1S/C22H25N5O.2ClH/c28-22(13-18-5-3-17(4-6-18)12-19-7-10-24-14-19)26-21-8-11-25-27(21)16-20-2-1-9-23-15-20;;/h1-6,8-9,11,15,19,24H,7,10,12-14,16H2,(H,26,28);2*1H. The highest BCUT2D eigenvalue weighted by Crippen LogP contribution is 2.16. The van der Waals surface area contributed by atoms with Crippen LogP contribution in [-0.2, 0) is 24.2 Å². The molecule has 2 aromatic heterocycles. The lowest BCUT2D eigenvalue weighted by Crippen LogP contribution is -2.18. The average Bonchev–Trinajstić information content (AvgIpc) is 3.37. The molecule has 1 aliphatic rings. The van der Waals surface area contributed by atoms with Crippen LogP contribution in [0.1, 0.15) is 23.1 Å². The number of benzene rings is 1. The number of amides is 1. The van der Waals surface area contributed by atoms with Crippen LogP contribution in [0.3, 0.4) is 0 Å². The smallest absolute Gasteiger partial charge is 0.229 e. The number of anilines is 1. The summed E-state index contributed by atoms with van der Waals surface area (Å²) in [6.45, 7) is 2.80. The van der Waals surface area contributed by atoms with E-state index in [9.17, 15) is 4.79 Å². The van der Waals surface area contributed by atoms with Gasteiger partial charge in [-0.25, -0.2) is 4.68 Å². The molecule has 3 aromatic rings. The summed E-state index contributed by atoms with van der Waals surface area (Å²) in [6, 6.07) is 14.1. The van der Waals surface area contributed by atoms with Crippen molar-refractivity contribution >= 4 is 36.5 Å². The van der Waals surface area contributed by atoms with Gasteiger partial charge in [-0.05, 0) is 54.6 Å². The lowest BCUT2D eigenvalue weighted by atomic mass is 9.97. The number of nitrogens with zero attached hydrogens (tertiary/aromatic N) is 3. The Hall–Kier alpha value is -2.41. The van der Waals surface area contributed by atoms with E-state index in [1.807, 2.05) is 18.2 Å². The first kappa shape index (κ1) is 23.9. The quantitative estimate of drug-likeness (QED) is 0.581. The Bertz CT molecular complexity index is 909. The van der Waals surface area contributed by atoms with E-state index in [0.29, 0.717) is 18.8 Å². The summed E-state index contributed by atoms with van der Waals surface area (Å²) in [4.78, 5) is 16.6. The van der Waals surface area contributed by atoms with Gasteiger partial charge in [-0.2, -0.15) is 5.10 Å². The van der Waals surface area contributed by atoms with Crippen molar-refractivity contribution in [1.82, 2.24) is 20.1 Å². The summed E-state index contributed by atoms with van der Waals surface area (Å²) >= 11 is 0. The number of aromatic nitrogens is 3. The average molecular weight is 448 g/mol. The summed E-state index contributed by atoms with van der Waals surface area (Å²) in [5, 5.41) is 10.7. The third kappa shape index (κ3) is 6.55. The summed E-state index contributed by atoms with van der Waals surface area (Å²) in [7, 11) is 0. The molecule has 1 fully saturated rings. The second kappa shape index (κ2) is 11.7. The van der Waals surface area contributed by atoms with Crippen molar-refractivity contribution in [3.63, 3.8) is 0 Å². The van der Waals surface area contributed by atoms with Crippen LogP contribution in [0.5, 0.6) is 0 Å². The highest BCUT2D eigenvalue weighted by atomic mass is 35.5. The fraction of sp³-hybridized carbons (Fsp3) is 0.318. The van der Waals surface area contributed by atoms with E-state index in [0.717, 1.165) is 36.6 Å². The highest BCUT2D eigenvalue weighted by molar-refractivity contribution is 5.91. The molecule has 1 aliphatic heterocycles. The van der Waals surface area contributed by atoms with Crippen molar-refractivity contribution in [2.24, 2.45) is 5.92 Å². The number of nitrogens with one attached hydrogen (secondary N) is 2. The molecule has 0 saturated carbocycles. The van der Waals surface area contributed by atoms with Crippen LogP contribution in [-0.4, -0.2) is 33.8 Å². The van der Waals surface area contributed by atoms with Gasteiger partial charge in [-0.1, -0.05) is 30.3 Å². The Morgan fingerprint density at radius 3 is 2.57 bits per heavy atom. The SMILES string of the molecule is Cl.Cl.O=C(Cc1ccc(CC2CCNC2)cc1)Nc1ccnn1Cc1cccnc1. The molecule has 1 saturated heterocycles. The molecule has 0 radical (unpaired) electrons. The van der Waals surface area contributed by atoms with Gasteiger partial charge in [0.25, 0.3) is 0 Å². The predicted molar refractivity (Wildman–Crippen MR) is 124 cm³/mol. The fourth-order valence-corrected chi connectivity index (χ4v) is 3.62. The summed E-state index contributed by atoms with van der Waals surface area (Å²) in [5.41, 5.74) is 3.39. The molecular formula is C22H27Cl2N5O. The molecule has 4 rings (SSSR count). The molecule has 1 amide bonds. The lowest BCUT2D eigenvalue weighted by Gasteiger charge is -2.10.